The van der Waals surface area contributed by atoms with Gasteiger partial charge < -0.3 is 30.9 Å². The summed E-state index contributed by atoms with van der Waals surface area (Å²) in [6.07, 6.45) is 3.86. The van der Waals surface area contributed by atoms with Crippen LogP contribution in [0.25, 0.3) is 0 Å². The number of piperidine rings is 1. The van der Waals surface area contributed by atoms with Crippen molar-refractivity contribution in [1.82, 2.24) is 25.1 Å². The van der Waals surface area contributed by atoms with Crippen LogP contribution >= 0.6 is 11.8 Å². The second kappa shape index (κ2) is 15.1. The van der Waals surface area contributed by atoms with E-state index in [0.29, 0.717) is 42.4 Å². The van der Waals surface area contributed by atoms with Gasteiger partial charge in [0.15, 0.2) is 0 Å². The highest BCUT2D eigenvalue weighted by Gasteiger charge is 2.37. The number of carbonyl (C=O) groups is 3. The zero-order valence-corrected chi connectivity index (χ0v) is 26.3. The molecule has 2 aromatic rings. The summed E-state index contributed by atoms with van der Waals surface area (Å²) in [5, 5.41) is 19.0. The molecule has 4 amide bonds. The number of rotatable bonds is 11. The van der Waals surface area contributed by atoms with Crippen molar-refractivity contribution >= 4 is 41.3 Å². The number of para-hydroxylation sites is 1. The average Bonchev–Trinajstić information content (AvgIpc) is 2.93. The summed E-state index contributed by atoms with van der Waals surface area (Å²) in [7, 11) is 0. The van der Waals surface area contributed by atoms with Gasteiger partial charge in [0.2, 0.25) is 0 Å². The van der Waals surface area contributed by atoms with E-state index >= 15 is 0 Å². The Hall–Kier alpha value is -3.54. The molecule has 1 fully saturated rings. The Kier molecular flexibility index (Phi) is 11.8. The van der Waals surface area contributed by atoms with E-state index in [-0.39, 0.29) is 30.3 Å². The summed E-state index contributed by atoms with van der Waals surface area (Å²) in [6.45, 7) is 11.4. The zero-order valence-electron chi connectivity index (χ0n) is 25.5. The van der Waals surface area contributed by atoms with Crippen molar-refractivity contribution in [3.63, 3.8) is 0 Å². The number of aromatic nitrogens is 2. The third-order valence-corrected chi connectivity index (χ3v) is 7.53. The third-order valence-electron chi connectivity index (χ3n) is 6.84. The molecule has 0 unspecified atom stereocenters. The molecule has 230 valence electrons. The van der Waals surface area contributed by atoms with Crippen LogP contribution in [0.1, 0.15) is 63.6 Å². The molecular formula is C30H45N7O4S. The van der Waals surface area contributed by atoms with E-state index in [9.17, 15) is 19.5 Å². The number of hydrogen-bond acceptors (Lipinski definition) is 7. The first-order chi connectivity index (χ1) is 19.9. The summed E-state index contributed by atoms with van der Waals surface area (Å²) in [4.78, 5) is 51.4. The highest BCUT2D eigenvalue weighted by molar-refractivity contribution is 7.98. The number of benzene rings is 1. The lowest BCUT2D eigenvalue weighted by Gasteiger charge is -2.42. The van der Waals surface area contributed by atoms with Crippen LogP contribution in [0.3, 0.4) is 0 Å². The Morgan fingerprint density at radius 3 is 2.50 bits per heavy atom. The molecule has 42 heavy (non-hydrogen) atoms. The molecule has 0 radical (unpaired) electrons. The van der Waals surface area contributed by atoms with Crippen LogP contribution < -0.4 is 16.0 Å². The normalized spacial score (nSPS) is 17.1. The molecule has 2 atom stereocenters. The number of nitrogens with zero attached hydrogens (tertiary/aromatic N) is 4. The number of carbonyl (C=O) groups excluding carboxylic acids is 2. The van der Waals surface area contributed by atoms with Crippen LogP contribution in [0, 0.1) is 5.92 Å². The Labute approximate surface area is 253 Å². The van der Waals surface area contributed by atoms with E-state index in [1.807, 2.05) is 52.8 Å². The van der Waals surface area contributed by atoms with Gasteiger partial charge >= 0.3 is 12.1 Å². The molecular weight excluding hydrogens is 554 g/mol. The fraction of sp³-hybridized carbons (Fsp3) is 0.567. The van der Waals surface area contributed by atoms with Crippen molar-refractivity contribution in [3.05, 3.63) is 47.9 Å². The number of likely N-dealkylation sites (tertiary alicyclic amines) is 1. The van der Waals surface area contributed by atoms with Gasteiger partial charge in [0.25, 0.3) is 5.91 Å². The summed E-state index contributed by atoms with van der Waals surface area (Å²) in [5.41, 5.74) is 0.677. The topological polar surface area (TPSA) is 140 Å². The highest BCUT2D eigenvalue weighted by atomic mass is 32.2. The minimum atomic E-state index is -1.10. The quantitative estimate of drug-likeness (QED) is 0.265. The first-order valence-corrected chi connectivity index (χ1v) is 15.8. The average molecular weight is 600 g/mol. The van der Waals surface area contributed by atoms with Gasteiger partial charge in [0.1, 0.15) is 17.2 Å². The second-order valence-electron chi connectivity index (χ2n) is 12.1. The molecule has 0 saturated carbocycles. The second-order valence-corrected chi connectivity index (χ2v) is 13.1. The van der Waals surface area contributed by atoms with E-state index in [0.717, 1.165) is 12.2 Å². The van der Waals surface area contributed by atoms with Crippen molar-refractivity contribution in [1.29, 1.82) is 0 Å². The Bertz CT molecular complexity index is 1210. The molecule has 1 aromatic carbocycles. The SMILES string of the molecule is CSCCCNc1nc(C(C)(C)C)ncc1C(=O)N(CC(C)C)[C@H]1C[C@@H](NC(=O)Nc2ccccc2)CN(C(=O)O)C1. The largest absolute Gasteiger partial charge is 0.465 e. The molecule has 1 aliphatic heterocycles. The first kappa shape index (κ1) is 33.0. The van der Waals surface area contributed by atoms with Gasteiger partial charge in [-0.2, -0.15) is 11.8 Å². The number of amides is 4. The van der Waals surface area contributed by atoms with Gasteiger partial charge in [-0.05, 0) is 42.9 Å². The molecule has 3 rings (SSSR count). The summed E-state index contributed by atoms with van der Waals surface area (Å²) < 4.78 is 0. The van der Waals surface area contributed by atoms with Crippen molar-refractivity contribution in [3.8, 4) is 0 Å². The summed E-state index contributed by atoms with van der Waals surface area (Å²) in [6, 6.07) is 7.65. The molecule has 1 aliphatic rings. The predicted octanol–water partition coefficient (Wildman–Crippen LogP) is 4.98. The molecule has 12 heteroatoms. The Morgan fingerprint density at radius 2 is 1.88 bits per heavy atom. The minimum absolute atomic E-state index is 0.120. The molecule has 11 nitrogen and oxygen atoms in total. The lowest BCUT2D eigenvalue weighted by Crippen LogP contribution is -2.60. The van der Waals surface area contributed by atoms with Crippen LogP contribution in [-0.2, 0) is 5.41 Å². The molecule has 1 aromatic heterocycles. The van der Waals surface area contributed by atoms with Crippen LogP contribution in [0.2, 0.25) is 0 Å². The van der Waals surface area contributed by atoms with E-state index < -0.39 is 24.2 Å². The fourth-order valence-electron chi connectivity index (χ4n) is 4.84. The maximum absolute atomic E-state index is 14.2. The van der Waals surface area contributed by atoms with E-state index in [1.54, 1.807) is 35.0 Å². The number of carboxylic acid groups (broad SMARTS) is 1. The van der Waals surface area contributed by atoms with Gasteiger partial charge in [0.05, 0.1) is 12.1 Å². The van der Waals surface area contributed by atoms with Crippen LogP contribution in [-0.4, -0.2) is 93.2 Å². The van der Waals surface area contributed by atoms with Gasteiger partial charge in [0, 0.05) is 43.5 Å². The van der Waals surface area contributed by atoms with Crippen molar-refractivity contribution in [2.75, 3.05) is 48.8 Å². The number of anilines is 2. The Balaban J connectivity index is 1.89. The molecule has 1 saturated heterocycles. The Morgan fingerprint density at radius 1 is 1.17 bits per heavy atom. The van der Waals surface area contributed by atoms with Crippen molar-refractivity contribution in [2.24, 2.45) is 5.92 Å². The summed E-state index contributed by atoms with van der Waals surface area (Å²) >= 11 is 1.76. The van der Waals surface area contributed by atoms with Gasteiger partial charge in [-0.1, -0.05) is 52.8 Å². The number of thioether (sulfide) groups is 1. The van der Waals surface area contributed by atoms with Gasteiger partial charge in [-0.25, -0.2) is 19.6 Å². The monoisotopic (exact) mass is 599 g/mol. The van der Waals surface area contributed by atoms with Crippen molar-refractivity contribution < 1.29 is 19.5 Å². The van der Waals surface area contributed by atoms with Crippen molar-refractivity contribution in [2.45, 2.75) is 65.0 Å². The number of urea groups is 1. The molecule has 0 spiro atoms. The molecule has 0 bridgehead atoms. The van der Waals surface area contributed by atoms with Crippen LogP contribution in [0.15, 0.2) is 36.5 Å². The zero-order chi connectivity index (χ0) is 30.9. The maximum Gasteiger partial charge on any atom is 0.407 e. The number of nitrogens with one attached hydrogen (secondary N) is 3. The smallest absolute Gasteiger partial charge is 0.407 e. The highest BCUT2D eigenvalue weighted by Crippen LogP contribution is 2.26. The first-order valence-electron chi connectivity index (χ1n) is 14.4. The van der Waals surface area contributed by atoms with Gasteiger partial charge in [-0.3, -0.25) is 4.79 Å². The fourth-order valence-corrected chi connectivity index (χ4v) is 5.27. The maximum atomic E-state index is 14.2. The van der Waals surface area contributed by atoms with E-state index in [1.165, 1.54) is 4.90 Å². The van der Waals surface area contributed by atoms with E-state index in [4.69, 9.17) is 4.98 Å². The lowest BCUT2D eigenvalue weighted by atomic mass is 9.95. The molecule has 4 N–H and O–H groups in total. The minimum Gasteiger partial charge on any atom is -0.465 e. The molecule has 2 heterocycles. The summed E-state index contributed by atoms with van der Waals surface area (Å²) in [5.74, 6) is 1.95. The number of hydrogen-bond donors (Lipinski definition) is 4. The third kappa shape index (κ3) is 9.50. The van der Waals surface area contributed by atoms with Crippen LogP contribution in [0.4, 0.5) is 21.1 Å². The molecule has 0 aliphatic carbocycles. The van der Waals surface area contributed by atoms with Crippen LogP contribution in [0.5, 0.6) is 0 Å². The van der Waals surface area contributed by atoms with E-state index in [2.05, 4.69) is 27.2 Å². The van der Waals surface area contributed by atoms with Gasteiger partial charge in [-0.15, -0.1) is 0 Å². The predicted molar refractivity (Wildman–Crippen MR) is 168 cm³/mol. The standard InChI is InChI=1S/C30H45N7O4S/c1-20(2)17-37(26(38)24-16-32-27(30(3,4)5)35-25(24)31-13-10-14-42-6)23-15-22(18-36(19-23)29(40)41)34-28(39)33-21-11-8-7-9-12-21/h7-9,11-12,16,20,22-23H,10,13-15,17-19H2,1-6H3,(H,40,41)(H,31,32,35)(H2,33,34,39)/t22-,23+/m1/s1. The lowest BCUT2D eigenvalue weighted by molar-refractivity contribution is 0.0460.